The number of sulfonamides is 2. The number of amides is 2. The summed E-state index contributed by atoms with van der Waals surface area (Å²) in [5.74, 6) is -1.98. The molecule has 22 heteroatoms. The first-order valence-electron chi connectivity index (χ1n) is 25.1. The van der Waals surface area contributed by atoms with Crippen LogP contribution in [0.25, 0.3) is 0 Å². The van der Waals surface area contributed by atoms with Crippen LogP contribution >= 0.6 is 0 Å². The maximum Gasteiger partial charge on any atom is 1.00 e. The Morgan fingerprint density at radius 3 is 1.16 bits per heavy atom. The van der Waals surface area contributed by atoms with E-state index in [9.17, 15) is 46.2 Å². The molecule has 2 aliphatic heterocycles. The Bertz CT molecular complexity index is 3240. The minimum atomic E-state index is -4.26. The van der Waals surface area contributed by atoms with E-state index in [1.807, 2.05) is 41.5 Å². The molecule has 0 aromatic heterocycles. The number of nitrogens with one attached hydrogen (secondary N) is 2. The number of rotatable bonds is 20. The zero-order valence-electron chi connectivity index (χ0n) is 46.3. The van der Waals surface area contributed by atoms with E-state index in [0.717, 1.165) is 11.1 Å². The molecule has 0 radical (unpaired) electrons. The van der Waals surface area contributed by atoms with Crippen LogP contribution in [0.5, 0.6) is 34.5 Å². The molecule has 0 saturated heterocycles. The summed E-state index contributed by atoms with van der Waals surface area (Å²) in [5.41, 5.74) is -0.205. The molecule has 2 amide bonds. The normalized spacial score (nSPS) is 13.7. The van der Waals surface area contributed by atoms with Crippen LogP contribution in [0.3, 0.4) is 0 Å². The SMILES string of the molecule is CCCc1cc(C(=O)[O-])ccc1OC(C)(C(=O)NS(=O)(=O)c1ccc(C(C)C)cc1)c1ccc2c(c1)OCO2.CCCc1cc(C(=O)[O-])ccc1OC(C)(C(=O)NS(=O)(=O)c1ccc(C(C)C)cc1)c1ccc2c(c1)OCO2.[K+].[K+]. The first-order valence-corrected chi connectivity index (χ1v) is 28.1. The molecule has 18 nitrogen and oxygen atoms in total. The molecule has 0 fully saturated rings. The molecule has 2 N–H and O–H groups in total. The van der Waals surface area contributed by atoms with Crippen LogP contribution in [0.4, 0.5) is 0 Å². The van der Waals surface area contributed by atoms with E-state index >= 15 is 0 Å². The van der Waals surface area contributed by atoms with Crippen molar-refractivity contribution in [3.63, 3.8) is 0 Å². The van der Waals surface area contributed by atoms with Gasteiger partial charge in [0, 0.05) is 11.1 Å². The van der Waals surface area contributed by atoms with Crippen molar-refractivity contribution >= 4 is 43.8 Å². The number of hydrogen-bond donors (Lipinski definition) is 2. The zero-order chi connectivity index (χ0) is 56.7. The first-order chi connectivity index (χ1) is 36.9. The maximum atomic E-state index is 13.8. The van der Waals surface area contributed by atoms with Crippen LogP contribution in [0.15, 0.2) is 131 Å². The molecule has 8 rings (SSSR count). The summed E-state index contributed by atoms with van der Waals surface area (Å²) in [5, 5.41) is 22.9. The van der Waals surface area contributed by atoms with E-state index in [1.165, 1.54) is 74.5 Å². The fourth-order valence-corrected chi connectivity index (χ4v) is 10.6. The Balaban J connectivity index is 0.000000287. The summed E-state index contributed by atoms with van der Waals surface area (Å²) in [4.78, 5) is 50.3. The van der Waals surface area contributed by atoms with E-state index in [0.29, 0.717) is 70.9 Å². The number of hydrogen-bond acceptors (Lipinski definition) is 16. The molecule has 2 aliphatic rings. The number of carbonyl (C=O) groups excluding carboxylic acids is 4. The van der Waals surface area contributed by atoms with Gasteiger partial charge in [-0.25, -0.2) is 26.3 Å². The van der Waals surface area contributed by atoms with Crippen molar-refractivity contribution in [1.29, 1.82) is 0 Å². The van der Waals surface area contributed by atoms with Gasteiger partial charge in [-0.3, -0.25) is 9.59 Å². The summed E-state index contributed by atoms with van der Waals surface area (Å²) in [6.07, 6.45) is 2.24. The molecular weight excluding hydrogens is 1120 g/mol. The Hall–Kier alpha value is -4.83. The van der Waals surface area contributed by atoms with Crippen LogP contribution in [0.1, 0.15) is 134 Å². The maximum absolute atomic E-state index is 13.8. The molecule has 6 aromatic carbocycles. The summed E-state index contributed by atoms with van der Waals surface area (Å²) in [6.45, 7) is 14.7. The fourth-order valence-electron chi connectivity index (χ4n) is 8.46. The largest absolute Gasteiger partial charge is 1.00 e. The van der Waals surface area contributed by atoms with E-state index in [-0.39, 0.29) is 161 Å². The summed E-state index contributed by atoms with van der Waals surface area (Å²) >= 11 is 0. The van der Waals surface area contributed by atoms with Crippen LogP contribution in [-0.2, 0) is 53.7 Å². The third-order valence-electron chi connectivity index (χ3n) is 13.1. The number of fused-ring (bicyclic) bond motifs is 2. The Morgan fingerprint density at radius 1 is 0.512 bits per heavy atom. The van der Waals surface area contributed by atoms with Crippen molar-refractivity contribution in [2.24, 2.45) is 0 Å². The Morgan fingerprint density at radius 2 is 0.850 bits per heavy atom. The van der Waals surface area contributed by atoms with Gasteiger partial charge in [0.15, 0.2) is 23.0 Å². The standard InChI is InChI=1S/2C29H31NO8S.2K/c2*1-5-6-20-15-21(27(31)32)9-13-24(20)38-29(4,22-10-14-25-26(16-22)37-17-36-25)28(33)30-39(34,35)23-11-7-19(8-12-23)18(2)3;;/h2*7-16,18H,5-6,17H2,1-4H3,(H,30,33)(H,31,32);;/q;;2*+1/p-2. The van der Waals surface area contributed by atoms with Crippen LogP contribution in [0, 0.1) is 0 Å². The number of ether oxygens (including phenoxy) is 6. The number of aryl methyl sites for hydroxylation is 2. The van der Waals surface area contributed by atoms with E-state index in [4.69, 9.17) is 28.4 Å². The number of aromatic carboxylic acids is 2. The van der Waals surface area contributed by atoms with E-state index in [1.54, 1.807) is 60.7 Å². The number of carbonyl (C=O) groups is 4. The molecule has 80 heavy (non-hydrogen) atoms. The molecule has 0 aliphatic carbocycles. The Kier molecular flexibility index (Phi) is 23.1. The average Bonchev–Trinajstić information content (AvgIpc) is 4.12. The molecular formula is C58H60K2N2O16S2. The summed E-state index contributed by atoms with van der Waals surface area (Å²) < 4.78 is 91.5. The van der Waals surface area contributed by atoms with Crippen molar-refractivity contribution in [2.75, 3.05) is 13.6 Å². The van der Waals surface area contributed by atoms with Crippen LogP contribution in [-0.4, -0.2) is 54.2 Å². The minimum Gasteiger partial charge on any atom is -0.545 e. The van der Waals surface area contributed by atoms with E-state index in [2.05, 4.69) is 9.44 Å². The second-order valence-corrected chi connectivity index (χ2v) is 22.8. The average molecular weight is 1180 g/mol. The second-order valence-electron chi connectivity index (χ2n) is 19.4. The second kappa shape index (κ2) is 28.0. The third-order valence-corrected chi connectivity index (χ3v) is 15.8. The van der Waals surface area contributed by atoms with Gasteiger partial charge in [0.2, 0.25) is 24.8 Å². The number of benzene rings is 6. The monoisotopic (exact) mass is 1180 g/mol. The van der Waals surface area contributed by atoms with Crippen molar-refractivity contribution in [2.45, 2.75) is 114 Å². The first kappa shape index (κ1) is 66.0. The minimum absolute atomic E-state index is 0. The quantitative estimate of drug-likeness (QED) is 0.102. The van der Waals surface area contributed by atoms with Crippen molar-refractivity contribution in [1.82, 2.24) is 9.44 Å². The van der Waals surface area contributed by atoms with Gasteiger partial charge in [-0.1, -0.05) is 90.8 Å². The smallest absolute Gasteiger partial charge is 0.545 e. The molecule has 412 valence electrons. The van der Waals surface area contributed by atoms with Crippen molar-refractivity contribution in [3.8, 4) is 34.5 Å². The van der Waals surface area contributed by atoms with Crippen molar-refractivity contribution < 1.29 is 177 Å². The van der Waals surface area contributed by atoms with Gasteiger partial charge in [0.1, 0.15) is 11.5 Å². The summed E-state index contributed by atoms with van der Waals surface area (Å²) in [7, 11) is -8.51. The molecule has 0 saturated carbocycles. The molecule has 0 bridgehead atoms. The van der Waals surface area contributed by atoms with Gasteiger partial charge in [-0.05, 0) is 157 Å². The predicted octanol–water partition coefficient (Wildman–Crippen LogP) is 1.32. The topological polar surface area (TPSA) is 262 Å². The van der Waals surface area contributed by atoms with Gasteiger partial charge in [-0.15, -0.1) is 0 Å². The van der Waals surface area contributed by atoms with Gasteiger partial charge in [0.25, 0.3) is 31.9 Å². The number of carboxylic acid groups (broad SMARTS) is 2. The predicted molar refractivity (Wildman–Crippen MR) is 282 cm³/mol. The summed E-state index contributed by atoms with van der Waals surface area (Å²) in [6, 6.07) is 30.5. The molecule has 2 unspecified atom stereocenters. The van der Waals surface area contributed by atoms with Gasteiger partial charge < -0.3 is 48.2 Å². The Labute approximate surface area is 551 Å². The number of carboxylic acids is 2. The van der Waals surface area contributed by atoms with E-state index < -0.39 is 55.0 Å². The molecule has 6 aromatic rings. The van der Waals surface area contributed by atoms with Crippen LogP contribution < -0.4 is 151 Å². The van der Waals surface area contributed by atoms with Gasteiger partial charge >= 0.3 is 103 Å². The van der Waals surface area contributed by atoms with Crippen LogP contribution in [0.2, 0.25) is 0 Å². The molecule has 0 spiro atoms. The fraction of sp³-hybridized carbons (Fsp3) is 0.310. The van der Waals surface area contributed by atoms with Gasteiger partial charge in [-0.2, -0.15) is 0 Å². The molecule has 2 heterocycles. The third kappa shape index (κ3) is 15.4. The zero-order valence-corrected chi connectivity index (χ0v) is 54.2. The van der Waals surface area contributed by atoms with Crippen molar-refractivity contribution in [3.05, 3.63) is 166 Å². The van der Waals surface area contributed by atoms with Gasteiger partial charge in [0.05, 0.1) is 21.7 Å². The molecule has 2 atom stereocenters.